The van der Waals surface area contributed by atoms with E-state index >= 15 is 0 Å². The Morgan fingerprint density at radius 3 is 2.96 bits per heavy atom. The van der Waals surface area contributed by atoms with Gasteiger partial charge >= 0.3 is 0 Å². The van der Waals surface area contributed by atoms with Crippen molar-refractivity contribution in [2.75, 3.05) is 13.1 Å². The molecule has 1 aromatic heterocycles. The summed E-state index contributed by atoms with van der Waals surface area (Å²) < 4.78 is 0. The van der Waals surface area contributed by atoms with E-state index in [0.717, 1.165) is 16.2 Å². The van der Waals surface area contributed by atoms with Gasteiger partial charge in [-0.2, -0.15) is 0 Å². The lowest BCUT2D eigenvalue weighted by atomic mass is 10.0. The van der Waals surface area contributed by atoms with Gasteiger partial charge in [0.15, 0.2) is 6.10 Å². The van der Waals surface area contributed by atoms with Crippen LogP contribution >= 0.6 is 11.3 Å². The van der Waals surface area contributed by atoms with Crippen LogP contribution in [0.5, 0.6) is 0 Å². The maximum Gasteiger partial charge on any atom is 0.264 e. The number of carbonyl (C=O) groups excluding carboxylic acids is 1. The average molecular weight is 340 g/mol. The van der Waals surface area contributed by atoms with E-state index in [1.165, 1.54) is 16.9 Å². The van der Waals surface area contributed by atoms with E-state index in [1.807, 2.05) is 29.6 Å². The van der Waals surface area contributed by atoms with E-state index in [-0.39, 0.29) is 12.0 Å². The topological polar surface area (TPSA) is 41.9 Å². The normalized spacial score (nSPS) is 16.4. The van der Waals surface area contributed by atoms with Crippen LogP contribution in [0.25, 0.3) is 0 Å². The minimum Gasteiger partial charge on any atom is -0.390 e. The predicted octanol–water partition coefficient (Wildman–Crippen LogP) is 3.88. The number of nitrogens with zero attached hydrogens (tertiary/aromatic N) is 2. The van der Waals surface area contributed by atoms with Crippen LogP contribution in [0.1, 0.15) is 27.2 Å². The van der Waals surface area contributed by atoms with E-state index in [2.05, 4.69) is 30.8 Å². The number of benzene rings is 1. The van der Waals surface area contributed by atoms with Crippen LogP contribution in [-0.4, -0.2) is 35.7 Å². The summed E-state index contributed by atoms with van der Waals surface area (Å²) in [5.41, 5.74) is 3.23. The summed E-state index contributed by atoms with van der Waals surface area (Å²) in [5.74, 6) is 0.0119. The number of amides is 1. The molecule has 24 heavy (non-hydrogen) atoms. The number of hydrogen-bond acceptors (Lipinski definition) is 4. The van der Waals surface area contributed by atoms with Gasteiger partial charge in [-0.25, -0.2) is 0 Å². The molecular weight excluding hydrogens is 320 g/mol. The lowest BCUT2D eigenvalue weighted by Crippen LogP contribution is -2.37. The van der Waals surface area contributed by atoms with Gasteiger partial charge in [-0.3, -0.25) is 4.79 Å². The number of thiophene rings is 1. The third kappa shape index (κ3) is 3.57. The minimum atomic E-state index is -0.122. The Kier molecular flexibility index (Phi) is 5.11. The van der Waals surface area contributed by atoms with Crippen LogP contribution in [0.15, 0.2) is 59.6 Å². The highest BCUT2D eigenvalue weighted by Crippen LogP contribution is 2.21. The number of oxime groups is 1. The van der Waals surface area contributed by atoms with Crippen molar-refractivity contribution in [3.63, 3.8) is 0 Å². The van der Waals surface area contributed by atoms with Gasteiger partial charge in [0.2, 0.25) is 0 Å². The number of hydrogen-bond donors (Lipinski definition) is 0. The molecule has 5 heteroatoms. The van der Waals surface area contributed by atoms with Crippen molar-refractivity contribution in [1.82, 2.24) is 4.90 Å². The summed E-state index contributed by atoms with van der Waals surface area (Å²) in [5, 5.41) is 6.15. The van der Waals surface area contributed by atoms with Crippen LogP contribution in [0, 0.1) is 6.92 Å². The molecule has 1 unspecified atom stereocenters. The molecule has 0 spiro atoms. The SMILES string of the molecule is C=CCN(CC1CC(c2ccccc2C)=NO1)C(=O)c1cccs1. The first kappa shape index (κ1) is 16.5. The number of rotatable bonds is 6. The molecule has 3 rings (SSSR count). The van der Waals surface area contributed by atoms with E-state index in [9.17, 15) is 4.79 Å². The molecule has 1 atom stereocenters. The Morgan fingerprint density at radius 1 is 1.42 bits per heavy atom. The minimum absolute atomic E-state index is 0.0119. The Hall–Kier alpha value is -2.40. The quantitative estimate of drug-likeness (QED) is 0.749. The summed E-state index contributed by atoms with van der Waals surface area (Å²) >= 11 is 1.45. The van der Waals surface area contributed by atoms with Gasteiger partial charge in [-0.1, -0.05) is 41.6 Å². The van der Waals surface area contributed by atoms with Gasteiger partial charge < -0.3 is 9.74 Å². The molecule has 124 valence electrons. The van der Waals surface area contributed by atoms with Crippen LogP contribution < -0.4 is 0 Å². The van der Waals surface area contributed by atoms with Crippen molar-refractivity contribution in [2.45, 2.75) is 19.4 Å². The van der Waals surface area contributed by atoms with Crippen molar-refractivity contribution in [3.05, 3.63) is 70.4 Å². The van der Waals surface area contributed by atoms with Crippen LogP contribution in [0.4, 0.5) is 0 Å². The third-order valence-electron chi connectivity index (χ3n) is 3.98. The second-order valence-corrected chi connectivity index (χ2v) is 6.71. The van der Waals surface area contributed by atoms with Crippen molar-refractivity contribution < 1.29 is 9.63 Å². The molecule has 2 aromatic rings. The first-order valence-corrected chi connectivity index (χ1v) is 8.79. The molecule has 1 aliphatic rings. The first-order valence-electron chi connectivity index (χ1n) is 7.91. The fourth-order valence-electron chi connectivity index (χ4n) is 2.78. The molecule has 0 radical (unpaired) electrons. The summed E-state index contributed by atoms with van der Waals surface area (Å²) in [4.78, 5) is 20.7. The molecule has 1 aliphatic heterocycles. The standard InChI is InChI=1S/C19H20N2O2S/c1-3-10-21(19(22)18-9-6-11-24-18)13-15-12-17(20-23-15)16-8-5-4-7-14(16)2/h3-9,11,15H,1,10,12-13H2,2H3. The second kappa shape index (κ2) is 7.45. The molecule has 1 amide bonds. The van der Waals surface area contributed by atoms with Gasteiger partial charge in [0, 0.05) is 18.5 Å². The molecule has 0 aliphatic carbocycles. The molecule has 4 nitrogen and oxygen atoms in total. The van der Waals surface area contributed by atoms with Crippen LogP contribution in [0.3, 0.4) is 0 Å². The number of aryl methyl sites for hydroxylation is 1. The predicted molar refractivity (Wildman–Crippen MR) is 97.6 cm³/mol. The van der Waals surface area contributed by atoms with E-state index in [0.29, 0.717) is 19.5 Å². The van der Waals surface area contributed by atoms with Gasteiger partial charge in [-0.15, -0.1) is 17.9 Å². The Bertz CT molecular complexity index is 752. The number of carbonyl (C=O) groups is 1. The Morgan fingerprint density at radius 2 is 2.25 bits per heavy atom. The molecule has 0 saturated carbocycles. The molecule has 0 saturated heterocycles. The highest BCUT2D eigenvalue weighted by atomic mass is 32.1. The zero-order chi connectivity index (χ0) is 16.9. The fraction of sp³-hybridized carbons (Fsp3) is 0.263. The maximum absolute atomic E-state index is 12.6. The third-order valence-corrected chi connectivity index (χ3v) is 4.84. The highest BCUT2D eigenvalue weighted by Gasteiger charge is 2.27. The molecule has 0 fully saturated rings. The summed E-state index contributed by atoms with van der Waals surface area (Å²) in [6, 6.07) is 11.9. The molecule has 2 heterocycles. The van der Waals surface area contributed by atoms with Crippen LogP contribution in [-0.2, 0) is 4.84 Å². The smallest absolute Gasteiger partial charge is 0.264 e. The summed E-state index contributed by atoms with van der Waals surface area (Å²) in [6.45, 7) is 6.82. The highest BCUT2D eigenvalue weighted by molar-refractivity contribution is 7.12. The van der Waals surface area contributed by atoms with E-state index < -0.39 is 0 Å². The van der Waals surface area contributed by atoms with Crippen LogP contribution in [0.2, 0.25) is 0 Å². The van der Waals surface area contributed by atoms with E-state index in [4.69, 9.17) is 4.84 Å². The average Bonchev–Trinajstić information content (AvgIpc) is 3.26. The van der Waals surface area contributed by atoms with Crippen molar-refractivity contribution in [1.29, 1.82) is 0 Å². The lowest BCUT2D eigenvalue weighted by Gasteiger charge is -2.22. The van der Waals surface area contributed by atoms with Gasteiger partial charge in [0.05, 0.1) is 17.1 Å². The van der Waals surface area contributed by atoms with E-state index in [1.54, 1.807) is 11.0 Å². The molecule has 0 N–H and O–H groups in total. The second-order valence-electron chi connectivity index (χ2n) is 5.76. The monoisotopic (exact) mass is 340 g/mol. The summed E-state index contributed by atoms with van der Waals surface area (Å²) in [7, 11) is 0. The zero-order valence-corrected chi connectivity index (χ0v) is 14.5. The van der Waals surface area contributed by atoms with Crippen molar-refractivity contribution >= 4 is 23.0 Å². The summed E-state index contributed by atoms with van der Waals surface area (Å²) in [6.07, 6.45) is 2.32. The lowest BCUT2D eigenvalue weighted by molar-refractivity contribution is 0.0452. The largest absolute Gasteiger partial charge is 0.390 e. The molecule has 0 bridgehead atoms. The van der Waals surface area contributed by atoms with Gasteiger partial charge in [0.25, 0.3) is 5.91 Å². The van der Waals surface area contributed by atoms with Crippen molar-refractivity contribution in [3.8, 4) is 0 Å². The molecular formula is C19H20N2O2S. The Balaban J connectivity index is 1.66. The first-order chi connectivity index (χ1) is 11.7. The molecule has 1 aromatic carbocycles. The zero-order valence-electron chi connectivity index (χ0n) is 13.6. The van der Waals surface area contributed by atoms with Gasteiger partial charge in [0.1, 0.15) is 0 Å². The maximum atomic E-state index is 12.6. The Labute approximate surface area is 146 Å². The fourth-order valence-corrected chi connectivity index (χ4v) is 3.47. The van der Waals surface area contributed by atoms with Crippen molar-refractivity contribution in [2.24, 2.45) is 5.16 Å². The van der Waals surface area contributed by atoms with Gasteiger partial charge in [-0.05, 0) is 23.9 Å².